The molecule has 0 spiro atoms. The van der Waals surface area contributed by atoms with Crippen molar-refractivity contribution in [2.45, 2.75) is 26.7 Å². The minimum absolute atomic E-state index is 0.0911. The van der Waals surface area contributed by atoms with Gasteiger partial charge in [0.25, 0.3) is 0 Å². The van der Waals surface area contributed by atoms with Gasteiger partial charge in [0.05, 0.1) is 0 Å². The summed E-state index contributed by atoms with van der Waals surface area (Å²) in [6.07, 6.45) is 2.40. The van der Waals surface area contributed by atoms with Gasteiger partial charge in [-0.25, -0.2) is 0 Å². The lowest BCUT2D eigenvalue weighted by Gasteiger charge is -2.31. The Bertz CT molecular complexity index is 170. The molecule has 0 radical (unpaired) electrons. The minimum Gasteiger partial charge on any atom is -0.356 e. The fraction of sp³-hybridized carbons (Fsp3) is 0.900. The SMILES string of the molecule is CC[C@@H]1CNCC[C@@H]1CNC(C)=O. The number of hydrogen-bond donors (Lipinski definition) is 2. The molecule has 1 amide bonds. The van der Waals surface area contributed by atoms with Crippen LogP contribution in [-0.4, -0.2) is 25.5 Å². The number of rotatable bonds is 3. The summed E-state index contributed by atoms with van der Waals surface area (Å²) in [5.41, 5.74) is 0. The van der Waals surface area contributed by atoms with Crippen LogP contribution in [0.4, 0.5) is 0 Å². The molecule has 2 N–H and O–H groups in total. The Labute approximate surface area is 80.3 Å². The first kappa shape index (κ1) is 10.5. The number of amides is 1. The van der Waals surface area contributed by atoms with Crippen LogP contribution in [-0.2, 0) is 4.79 Å². The van der Waals surface area contributed by atoms with E-state index >= 15 is 0 Å². The first-order chi connectivity index (χ1) is 6.24. The Balaban J connectivity index is 2.31. The quantitative estimate of drug-likeness (QED) is 0.680. The summed E-state index contributed by atoms with van der Waals surface area (Å²) in [5, 5.41) is 6.30. The molecule has 1 saturated heterocycles. The van der Waals surface area contributed by atoms with Crippen LogP contribution in [0.3, 0.4) is 0 Å². The Morgan fingerprint density at radius 3 is 2.92 bits per heavy atom. The first-order valence-electron chi connectivity index (χ1n) is 5.19. The third-order valence-corrected chi connectivity index (χ3v) is 2.90. The standard InChI is InChI=1S/C10H20N2O/c1-3-9-6-11-5-4-10(9)7-12-8(2)13/h9-11H,3-7H2,1-2H3,(H,12,13)/t9-,10-/m1/s1. The second-order valence-corrected chi connectivity index (χ2v) is 3.86. The molecule has 1 fully saturated rings. The van der Waals surface area contributed by atoms with Gasteiger partial charge < -0.3 is 10.6 Å². The van der Waals surface area contributed by atoms with Gasteiger partial charge >= 0.3 is 0 Å². The molecule has 0 aromatic heterocycles. The molecule has 2 atom stereocenters. The van der Waals surface area contributed by atoms with Gasteiger partial charge in [-0.1, -0.05) is 13.3 Å². The molecule has 13 heavy (non-hydrogen) atoms. The Morgan fingerprint density at radius 2 is 2.31 bits per heavy atom. The third-order valence-electron chi connectivity index (χ3n) is 2.90. The van der Waals surface area contributed by atoms with Crippen molar-refractivity contribution in [3.8, 4) is 0 Å². The summed E-state index contributed by atoms with van der Waals surface area (Å²) in [5.74, 6) is 1.50. The van der Waals surface area contributed by atoms with Crippen molar-refractivity contribution in [3.05, 3.63) is 0 Å². The molecule has 76 valence electrons. The summed E-state index contributed by atoms with van der Waals surface area (Å²) in [7, 11) is 0. The summed E-state index contributed by atoms with van der Waals surface area (Å²) >= 11 is 0. The van der Waals surface area contributed by atoms with E-state index in [4.69, 9.17) is 0 Å². The van der Waals surface area contributed by atoms with Crippen molar-refractivity contribution in [3.63, 3.8) is 0 Å². The van der Waals surface area contributed by atoms with Crippen LogP contribution in [0.25, 0.3) is 0 Å². The highest BCUT2D eigenvalue weighted by Gasteiger charge is 2.22. The van der Waals surface area contributed by atoms with Crippen LogP contribution in [0, 0.1) is 11.8 Å². The third kappa shape index (κ3) is 3.35. The molecule has 0 unspecified atom stereocenters. The van der Waals surface area contributed by atoms with Gasteiger partial charge in [0.15, 0.2) is 0 Å². The van der Waals surface area contributed by atoms with Crippen molar-refractivity contribution in [2.24, 2.45) is 11.8 Å². The van der Waals surface area contributed by atoms with E-state index in [9.17, 15) is 4.79 Å². The Hall–Kier alpha value is -0.570. The van der Waals surface area contributed by atoms with Crippen LogP contribution in [0.15, 0.2) is 0 Å². The molecule has 1 aliphatic rings. The average molecular weight is 184 g/mol. The monoisotopic (exact) mass is 184 g/mol. The van der Waals surface area contributed by atoms with Crippen molar-refractivity contribution >= 4 is 5.91 Å². The second-order valence-electron chi connectivity index (χ2n) is 3.86. The zero-order valence-corrected chi connectivity index (χ0v) is 8.60. The highest BCUT2D eigenvalue weighted by atomic mass is 16.1. The fourth-order valence-electron chi connectivity index (χ4n) is 2.00. The maximum Gasteiger partial charge on any atom is 0.216 e. The number of carbonyl (C=O) groups is 1. The summed E-state index contributed by atoms with van der Waals surface area (Å²) < 4.78 is 0. The summed E-state index contributed by atoms with van der Waals surface area (Å²) in [4.78, 5) is 10.8. The van der Waals surface area contributed by atoms with Gasteiger partial charge in [-0.05, 0) is 31.3 Å². The second kappa shape index (κ2) is 5.22. The van der Waals surface area contributed by atoms with Crippen molar-refractivity contribution in [1.82, 2.24) is 10.6 Å². The molecule has 1 aliphatic heterocycles. The van der Waals surface area contributed by atoms with Gasteiger partial charge in [0, 0.05) is 13.5 Å². The molecular formula is C10H20N2O. The normalized spacial score (nSPS) is 28.5. The lowest BCUT2D eigenvalue weighted by atomic mass is 9.84. The number of nitrogens with one attached hydrogen (secondary N) is 2. The van der Waals surface area contributed by atoms with E-state index in [2.05, 4.69) is 17.6 Å². The Kier molecular flexibility index (Phi) is 4.22. The van der Waals surface area contributed by atoms with Gasteiger partial charge in [0.2, 0.25) is 5.91 Å². The smallest absolute Gasteiger partial charge is 0.216 e. The Morgan fingerprint density at radius 1 is 1.54 bits per heavy atom. The fourth-order valence-corrected chi connectivity index (χ4v) is 2.00. The van der Waals surface area contributed by atoms with Crippen molar-refractivity contribution in [2.75, 3.05) is 19.6 Å². The van der Waals surface area contributed by atoms with E-state index in [1.165, 1.54) is 12.8 Å². The number of hydrogen-bond acceptors (Lipinski definition) is 2. The lowest BCUT2D eigenvalue weighted by molar-refractivity contribution is -0.119. The van der Waals surface area contributed by atoms with E-state index in [0.29, 0.717) is 5.92 Å². The highest BCUT2D eigenvalue weighted by Crippen LogP contribution is 2.20. The zero-order chi connectivity index (χ0) is 9.68. The van der Waals surface area contributed by atoms with E-state index in [0.717, 1.165) is 25.6 Å². The molecule has 3 nitrogen and oxygen atoms in total. The lowest BCUT2D eigenvalue weighted by Crippen LogP contribution is -2.41. The maximum atomic E-state index is 10.8. The van der Waals surface area contributed by atoms with E-state index in [1.54, 1.807) is 6.92 Å². The van der Waals surface area contributed by atoms with Crippen LogP contribution in [0.1, 0.15) is 26.7 Å². The van der Waals surface area contributed by atoms with Crippen LogP contribution >= 0.6 is 0 Å². The highest BCUT2D eigenvalue weighted by molar-refractivity contribution is 5.72. The van der Waals surface area contributed by atoms with Crippen LogP contribution in [0.5, 0.6) is 0 Å². The van der Waals surface area contributed by atoms with E-state index in [-0.39, 0.29) is 5.91 Å². The zero-order valence-electron chi connectivity index (χ0n) is 8.60. The molecule has 1 rings (SSSR count). The largest absolute Gasteiger partial charge is 0.356 e. The topological polar surface area (TPSA) is 41.1 Å². The molecule has 0 bridgehead atoms. The molecule has 0 aromatic rings. The van der Waals surface area contributed by atoms with Crippen molar-refractivity contribution in [1.29, 1.82) is 0 Å². The van der Waals surface area contributed by atoms with Gasteiger partial charge in [0.1, 0.15) is 0 Å². The van der Waals surface area contributed by atoms with Crippen LogP contribution in [0.2, 0.25) is 0 Å². The predicted octanol–water partition coefficient (Wildman–Crippen LogP) is 0.758. The summed E-state index contributed by atoms with van der Waals surface area (Å²) in [6, 6.07) is 0. The molecule has 0 saturated carbocycles. The maximum absolute atomic E-state index is 10.8. The predicted molar refractivity (Wildman–Crippen MR) is 53.4 cm³/mol. The summed E-state index contributed by atoms with van der Waals surface area (Å²) in [6.45, 7) is 6.87. The molecule has 3 heteroatoms. The average Bonchev–Trinajstić information content (AvgIpc) is 2.15. The number of carbonyl (C=O) groups excluding carboxylic acids is 1. The number of piperidine rings is 1. The van der Waals surface area contributed by atoms with Crippen LogP contribution < -0.4 is 10.6 Å². The molecule has 0 aliphatic carbocycles. The van der Waals surface area contributed by atoms with E-state index < -0.39 is 0 Å². The van der Waals surface area contributed by atoms with Gasteiger partial charge in [-0.2, -0.15) is 0 Å². The van der Waals surface area contributed by atoms with E-state index in [1.807, 2.05) is 0 Å². The molecular weight excluding hydrogens is 164 g/mol. The van der Waals surface area contributed by atoms with Gasteiger partial charge in [-0.15, -0.1) is 0 Å². The first-order valence-corrected chi connectivity index (χ1v) is 5.19. The minimum atomic E-state index is 0.0911. The molecule has 0 aromatic carbocycles. The molecule has 1 heterocycles. The van der Waals surface area contributed by atoms with Crippen molar-refractivity contribution < 1.29 is 4.79 Å². The van der Waals surface area contributed by atoms with Gasteiger partial charge in [-0.3, -0.25) is 4.79 Å².